The summed E-state index contributed by atoms with van der Waals surface area (Å²) < 4.78 is 5.82. The van der Waals surface area contributed by atoms with Crippen LogP contribution in [0.3, 0.4) is 0 Å². The first-order valence-corrected chi connectivity index (χ1v) is 6.64. The summed E-state index contributed by atoms with van der Waals surface area (Å²) in [6, 6.07) is 3.88. The lowest BCUT2D eigenvalue weighted by atomic mass is 9.94. The van der Waals surface area contributed by atoms with Crippen LogP contribution in [0.4, 0.5) is 0 Å². The van der Waals surface area contributed by atoms with Crippen LogP contribution in [0.2, 0.25) is 0 Å². The third kappa shape index (κ3) is 2.91. The van der Waals surface area contributed by atoms with Gasteiger partial charge in [-0.2, -0.15) is 0 Å². The fourth-order valence-corrected chi connectivity index (χ4v) is 2.49. The van der Waals surface area contributed by atoms with Crippen molar-refractivity contribution in [1.82, 2.24) is 0 Å². The van der Waals surface area contributed by atoms with Crippen LogP contribution in [0.5, 0.6) is 5.75 Å². The van der Waals surface area contributed by atoms with Crippen molar-refractivity contribution in [2.24, 2.45) is 0 Å². The van der Waals surface area contributed by atoms with Crippen LogP contribution in [0, 0.1) is 0 Å². The summed E-state index contributed by atoms with van der Waals surface area (Å²) in [5, 5.41) is 29.1. The Morgan fingerprint density at radius 3 is 2.63 bits per heavy atom. The molecule has 2 rings (SSSR count). The van der Waals surface area contributed by atoms with E-state index in [9.17, 15) is 15.3 Å². The summed E-state index contributed by atoms with van der Waals surface area (Å²) in [6.07, 6.45) is 0.366. The summed E-state index contributed by atoms with van der Waals surface area (Å²) in [5.74, 6) is 0.674. The maximum absolute atomic E-state index is 10.0. The summed E-state index contributed by atoms with van der Waals surface area (Å²) in [7, 11) is 0. The van der Waals surface area contributed by atoms with Gasteiger partial charge in [-0.15, -0.1) is 0 Å². The first-order chi connectivity index (χ1) is 8.82. The Morgan fingerprint density at radius 1 is 1.42 bits per heavy atom. The van der Waals surface area contributed by atoms with Gasteiger partial charge < -0.3 is 20.1 Å². The minimum Gasteiger partial charge on any atom is -0.486 e. The predicted molar refractivity (Wildman–Crippen MR) is 72.2 cm³/mol. The number of fused-ring (bicyclic) bond motifs is 1. The quantitative estimate of drug-likeness (QED) is 0.765. The molecule has 106 valence electrons. The second kappa shape index (κ2) is 5.12. The van der Waals surface area contributed by atoms with Gasteiger partial charge in [-0.25, -0.2) is 0 Å². The van der Waals surface area contributed by atoms with Crippen molar-refractivity contribution < 1.29 is 20.1 Å². The fourth-order valence-electron chi connectivity index (χ4n) is 2.49. The smallest absolute Gasteiger partial charge is 0.131 e. The van der Waals surface area contributed by atoms with Gasteiger partial charge in [0.05, 0.1) is 18.3 Å². The van der Waals surface area contributed by atoms with Gasteiger partial charge in [-0.1, -0.05) is 12.1 Å². The molecule has 1 heterocycles. The van der Waals surface area contributed by atoms with E-state index >= 15 is 0 Å². The van der Waals surface area contributed by atoms with Gasteiger partial charge in [0.1, 0.15) is 11.9 Å². The number of rotatable bonds is 4. The van der Waals surface area contributed by atoms with Crippen molar-refractivity contribution >= 4 is 0 Å². The van der Waals surface area contributed by atoms with Gasteiger partial charge in [0, 0.05) is 12.0 Å². The molecular weight excluding hydrogens is 244 g/mol. The van der Waals surface area contributed by atoms with Crippen molar-refractivity contribution in [3.05, 3.63) is 28.8 Å². The molecule has 0 saturated heterocycles. The molecule has 0 spiro atoms. The van der Waals surface area contributed by atoms with Crippen LogP contribution >= 0.6 is 0 Å². The summed E-state index contributed by atoms with van der Waals surface area (Å²) >= 11 is 0. The third-order valence-corrected chi connectivity index (χ3v) is 3.57. The predicted octanol–water partition coefficient (Wildman–Crippen LogP) is 1.18. The molecule has 1 aliphatic heterocycles. The monoisotopic (exact) mass is 266 g/mol. The number of hydrogen-bond donors (Lipinski definition) is 3. The van der Waals surface area contributed by atoms with Gasteiger partial charge >= 0.3 is 0 Å². The number of benzene rings is 1. The van der Waals surface area contributed by atoms with Crippen LogP contribution in [-0.2, 0) is 19.4 Å². The Hall–Kier alpha value is -1.10. The highest BCUT2D eigenvalue weighted by atomic mass is 16.5. The Bertz CT molecular complexity index is 460. The maximum atomic E-state index is 10.0. The van der Waals surface area contributed by atoms with Gasteiger partial charge in [0.15, 0.2) is 0 Å². The molecule has 0 aliphatic carbocycles. The molecule has 0 radical (unpaired) electrons. The molecule has 0 unspecified atom stereocenters. The second-order valence-electron chi connectivity index (χ2n) is 5.87. The normalized spacial score (nSPS) is 20.0. The molecule has 0 aromatic heterocycles. The summed E-state index contributed by atoms with van der Waals surface area (Å²) in [6.45, 7) is 5.04. The van der Waals surface area contributed by atoms with E-state index in [1.54, 1.807) is 20.8 Å². The van der Waals surface area contributed by atoms with Crippen molar-refractivity contribution in [1.29, 1.82) is 0 Å². The van der Waals surface area contributed by atoms with Gasteiger partial charge in [0.25, 0.3) is 0 Å². The van der Waals surface area contributed by atoms with Gasteiger partial charge in [0.2, 0.25) is 0 Å². The Morgan fingerprint density at radius 2 is 2.11 bits per heavy atom. The Labute approximate surface area is 113 Å². The largest absolute Gasteiger partial charge is 0.486 e. The molecule has 0 saturated carbocycles. The second-order valence-corrected chi connectivity index (χ2v) is 5.87. The first kappa shape index (κ1) is 14.3. The van der Waals surface area contributed by atoms with E-state index < -0.39 is 11.7 Å². The highest BCUT2D eigenvalue weighted by Crippen LogP contribution is 2.38. The molecule has 0 amide bonds. The SMILES string of the molecule is C[C@@H](O)Cc1ccc2c(c1CO)O[C@@H](C(C)(C)O)C2. The fraction of sp³-hybridized carbons (Fsp3) is 0.600. The van der Waals surface area contributed by atoms with Crippen LogP contribution in [0.1, 0.15) is 37.5 Å². The molecule has 0 fully saturated rings. The number of aliphatic hydroxyl groups excluding tert-OH is 2. The van der Waals surface area contributed by atoms with Crippen molar-refractivity contribution in [3.8, 4) is 5.75 Å². The van der Waals surface area contributed by atoms with Crippen LogP contribution in [0.25, 0.3) is 0 Å². The third-order valence-electron chi connectivity index (χ3n) is 3.57. The number of ether oxygens (including phenoxy) is 1. The van der Waals surface area contributed by atoms with Crippen molar-refractivity contribution in [3.63, 3.8) is 0 Å². The van der Waals surface area contributed by atoms with E-state index in [1.807, 2.05) is 12.1 Å². The lowest BCUT2D eigenvalue weighted by Crippen LogP contribution is -2.39. The molecule has 0 bridgehead atoms. The zero-order valence-corrected chi connectivity index (χ0v) is 11.7. The van der Waals surface area contributed by atoms with Crippen LogP contribution < -0.4 is 4.74 Å². The molecule has 19 heavy (non-hydrogen) atoms. The van der Waals surface area contributed by atoms with Gasteiger partial charge in [-0.3, -0.25) is 0 Å². The van der Waals surface area contributed by atoms with E-state index in [4.69, 9.17) is 4.74 Å². The van der Waals surface area contributed by atoms with Crippen molar-refractivity contribution in [2.45, 2.75) is 58.0 Å². The van der Waals surface area contributed by atoms with E-state index in [1.165, 1.54) is 0 Å². The zero-order chi connectivity index (χ0) is 14.2. The Balaban J connectivity index is 2.34. The van der Waals surface area contributed by atoms with Crippen LogP contribution in [0.15, 0.2) is 12.1 Å². The molecule has 4 heteroatoms. The number of aliphatic hydroxyl groups is 3. The van der Waals surface area contributed by atoms with E-state index in [2.05, 4.69) is 0 Å². The van der Waals surface area contributed by atoms with E-state index in [-0.39, 0.29) is 12.7 Å². The maximum Gasteiger partial charge on any atom is 0.131 e. The molecule has 1 aromatic rings. The molecule has 3 N–H and O–H groups in total. The van der Waals surface area contributed by atoms with Crippen molar-refractivity contribution in [2.75, 3.05) is 0 Å². The van der Waals surface area contributed by atoms with Crippen LogP contribution in [-0.4, -0.2) is 33.1 Å². The Kier molecular flexibility index (Phi) is 3.85. The standard InChI is InChI=1S/C15H22O4/c1-9(17)6-10-4-5-11-7-13(15(2,3)18)19-14(11)12(10)8-16/h4-5,9,13,16-18H,6-8H2,1-3H3/t9-,13-/m1/s1. The highest BCUT2D eigenvalue weighted by molar-refractivity contribution is 5.49. The molecule has 1 aromatic carbocycles. The lowest BCUT2D eigenvalue weighted by Gasteiger charge is -2.25. The molecule has 1 aliphatic rings. The minimum atomic E-state index is -0.920. The summed E-state index contributed by atoms with van der Waals surface area (Å²) in [4.78, 5) is 0. The first-order valence-electron chi connectivity index (χ1n) is 6.64. The van der Waals surface area contributed by atoms with Gasteiger partial charge in [-0.05, 0) is 38.3 Å². The average molecular weight is 266 g/mol. The molecule has 2 atom stereocenters. The highest BCUT2D eigenvalue weighted by Gasteiger charge is 2.36. The summed E-state index contributed by atoms with van der Waals surface area (Å²) in [5.41, 5.74) is 1.71. The average Bonchev–Trinajstić information content (AvgIpc) is 2.71. The lowest BCUT2D eigenvalue weighted by molar-refractivity contribution is -0.0235. The molecule has 4 nitrogen and oxygen atoms in total. The van der Waals surface area contributed by atoms with E-state index in [0.717, 1.165) is 16.7 Å². The number of hydrogen-bond acceptors (Lipinski definition) is 4. The topological polar surface area (TPSA) is 69.9 Å². The molecular formula is C15H22O4. The zero-order valence-electron chi connectivity index (χ0n) is 11.7. The minimum absolute atomic E-state index is 0.121. The van der Waals surface area contributed by atoms with E-state index in [0.29, 0.717) is 18.6 Å².